The Morgan fingerprint density at radius 2 is 2.00 bits per heavy atom. The number of carbonyl (C=O) groups is 1. The van der Waals surface area contributed by atoms with Crippen molar-refractivity contribution in [3.63, 3.8) is 0 Å². The third-order valence-corrected chi connectivity index (χ3v) is 3.99. The van der Waals surface area contributed by atoms with Crippen molar-refractivity contribution in [1.82, 2.24) is 5.32 Å². The molecule has 0 heterocycles. The normalized spacial score (nSPS) is 29.4. The lowest BCUT2D eigenvalue weighted by molar-refractivity contribution is -0.135. The van der Waals surface area contributed by atoms with Crippen molar-refractivity contribution in [3.05, 3.63) is 0 Å². The van der Waals surface area contributed by atoms with Crippen LogP contribution in [0.1, 0.15) is 41.0 Å². The quantitative estimate of drug-likeness (QED) is 0.784. The lowest BCUT2D eigenvalue weighted by Gasteiger charge is -2.51. The van der Waals surface area contributed by atoms with Crippen LogP contribution in [0.5, 0.6) is 0 Å². The molecule has 4 heteroatoms. The molecular formula is C13H26N2O2. The zero-order chi connectivity index (χ0) is 13.4. The van der Waals surface area contributed by atoms with Crippen LogP contribution in [0.2, 0.25) is 0 Å². The molecule has 0 saturated heterocycles. The number of hydrogen-bond donors (Lipinski definition) is 2. The molecule has 3 N–H and O–H groups in total. The van der Waals surface area contributed by atoms with Crippen molar-refractivity contribution < 1.29 is 9.53 Å². The van der Waals surface area contributed by atoms with Crippen molar-refractivity contribution in [2.45, 2.75) is 59.2 Å². The highest BCUT2D eigenvalue weighted by Crippen LogP contribution is 2.42. The third-order valence-electron chi connectivity index (χ3n) is 3.99. The van der Waals surface area contributed by atoms with E-state index in [1.165, 1.54) is 0 Å². The molecule has 0 aliphatic heterocycles. The van der Waals surface area contributed by atoms with Crippen LogP contribution in [0.3, 0.4) is 0 Å². The Balaban J connectivity index is 2.55. The minimum Gasteiger partial charge on any atom is -0.381 e. The summed E-state index contributed by atoms with van der Waals surface area (Å²) in [5.74, 6) is -0.0647. The van der Waals surface area contributed by atoms with E-state index in [2.05, 4.69) is 19.2 Å². The van der Waals surface area contributed by atoms with Crippen LogP contribution in [0.25, 0.3) is 0 Å². The van der Waals surface area contributed by atoms with E-state index in [1.54, 1.807) is 7.11 Å². The third kappa shape index (κ3) is 2.80. The predicted molar refractivity (Wildman–Crippen MR) is 68.6 cm³/mol. The van der Waals surface area contributed by atoms with Crippen LogP contribution in [0.4, 0.5) is 0 Å². The van der Waals surface area contributed by atoms with Gasteiger partial charge < -0.3 is 15.8 Å². The first-order valence-electron chi connectivity index (χ1n) is 6.19. The van der Waals surface area contributed by atoms with Gasteiger partial charge in [-0.2, -0.15) is 0 Å². The van der Waals surface area contributed by atoms with E-state index in [0.29, 0.717) is 0 Å². The number of nitrogens with two attached hydrogens (primary N) is 1. The number of hydrogen-bond acceptors (Lipinski definition) is 3. The number of methoxy groups -OCH3 is 1. The first-order chi connectivity index (χ1) is 7.60. The minimum atomic E-state index is -0.472. The standard InChI is InChI=1S/C13H26N2O2/c1-12(2,3)10(14)11(16)15-8-7-9(17-6)13(8,4)5/h8-10H,7,14H2,1-6H3,(H,15,16)/t8?,9?,10-/m1/s1. The maximum absolute atomic E-state index is 12.0. The van der Waals surface area contributed by atoms with Gasteiger partial charge in [0.1, 0.15) is 0 Å². The highest BCUT2D eigenvalue weighted by molar-refractivity contribution is 5.82. The number of carbonyl (C=O) groups excluding carboxylic acids is 1. The van der Waals surface area contributed by atoms with Crippen LogP contribution in [-0.2, 0) is 9.53 Å². The van der Waals surface area contributed by atoms with E-state index in [1.807, 2.05) is 20.8 Å². The molecule has 4 nitrogen and oxygen atoms in total. The van der Waals surface area contributed by atoms with Crippen LogP contribution in [-0.4, -0.2) is 31.2 Å². The molecule has 1 fully saturated rings. The molecular weight excluding hydrogens is 216 g/mol. The Morgan fingerprint density at radius 3 is 2.35 bits per heavy atom. The minimum absolute atomic E-state index is 0.0119. The summed E-state index contributed by atoms with van der Waals surface area (Å²) >= 11 is 0. The molecule has 17 heavy (non-hydrogen) atoms. The summed E-state index contributed by atoms with van der Waals surface area (Å²) in [6.07, 6.45) is 1.09. The molecule has 0 spiro atoms. The molecule has 1 aliphatic rings. The lowest BCUT2D eigenvalue weighted by Crippen LogP contribution is -2.64. The monoisotopic (exact) mass is 242 g/mol. The molecule has 1 aliphatic carbocycles. The summed E-state index contributed by atoms with van der Waals surface area (Å²) in [6, 6.07) is -0.312. The van der Waals surface area contributed by atoms with Crippen LogP contribution in [0, 0.1) is 10.8 Å². The fraction of sp³-hybridized carbons (Fsp3) is 0.923. The van der Waals surface area contributed by atoms with Gasteiger partial charge in [0.15, 0.2) is 0 Å². The van der Waals surface area contributed by atoms with Gasteiger partial charge in [0.25, 0.3) is 0 Å². The van der Waals surface area contributed by atoms with Crippen molar-refractivity contribution in [1.29, 1.82) is 0 Å². The molecule has 0 radical (unpaired) electrons. The van der Waals surface area contributed by atoms with Gasteiger partial charge >= 0.3 is 0 Å². The number of nitrogens with one attached hydrogen (secondary N) is 1. The van der Waals surface area contributed by atoms with Gasteiger partial charge in [0.05, 0.1) is 12.1 Å². The molecule has 0 aromatic rings. The summed E-state index contributed by atoms with van der Waals surface area (Å²) in [4.78, 5) is 12.0. The van der Waals surface area contributed by atoms with Crippen molar-refractivity contribution in [2.75, 3.05) is 7.11 Å². The smallest absolute Gasteiger partial charge is 0.237 e. The van der Waals surface area contributed by atoms with Gasteiger partial charge in [-0.05, 0) is 11.8 Å². The van der Waals surface area contributed by atoms with E-state index < -0.39 is 6.04 Å². The summed E-state index contributed by atoms with van der Waals surface area (Å²) in [5, 5.41) is 3.03. The second kappa shape index (κ2) is 4.58. The molecule has 0 aromatic heterocycles. The second-order valence-corrected chi connectivity index (χ2v) is 6.69. The van der Waals surface area contributed by atoms with Crippen LogP contribution in [0.15, 0.2) is 0 Å². The summed E-state index contributed by atoms with van der Waals surface area (Å²) in [6.45, 7) is 10.1. The average molecular weight is 242 g/mol. The van der Waals surface area contributed by atoms with Crippen LogP contribution >= 0.6 is 0 Å². The molecule has 2 unspecified atom stereocenters. The van der Waals surface area contributed by atoms with E-state index >= 15 is 0 Å². The molecule has 1 saturated carbocycles. The molecule has 1 rings (SSSR count). The first kappa shape index (κ1) is 14.5. The second-order valence-electron chi connectivity index (χ2n) is 6.69. The summed E-state index contributed by atoms with van der Waals surface area (Å²) in [7, 11) is 1.71. The zero-order valence-electron chi connectivity index (χ0n) is 11.8. The summed E-state index contributed by atoms with van der Waals surface area (Å²) in [5.41, 5.74) is 5.71. The lowest BCUT2D eigenvalue weighted by atomic mass is 9.64. The Kier molecular flexibility index (Phi) is 3.89. The molecule has 0 aromatic carbocycles. The van der Waals surface area contributed by atoms with Gasteiger partial charge in [-0.25, -0.2) is 0 Å². The molecule has 3 atom stereocenters. The highest BCUT2D eigenvalue weighted by Gasteiger charge is 2.49. The van der Waals surface area contributed by atoms with Gasteiger partial charge in [-0.3, -0.25) is 4.79 Å². The van der Waals surface area contributed by atoms with Crippen LogP contribution < -0.4 is 11.1 Å². The van der Waals surface area contributed by atoms with E-state index in [-0.39, 0.29) is 28.9 Å². The van der Waals surface area contributed by atoms with Gasteiger partial charge in [-0.1, -0.05) is 34.6 Å². The van der Waals surface area contributed by atoms with Gasteiger partial charge in [-0.15, -0.1) is 0 Å². The average Bonchev–Trinajstić information content (AvgIpc) is 2.20. The number of amides is 1. The largest absolute Gasteiger partial charge is 0.381 e. The Labute approximate surface area is 104 Å². The Hall–Kier alpha value is -0.610. The topological polar surface area (TPSA) is 64.3 Å². The Bertz CT molecular complexity index is 294. The van der Waals surface area contributed by atoms with Gasteiger partial charge in [0.2, 0.25) is 5.91 Å². The Morgan fingerprint density at radius 1 is 1.47 bits per heavy atom. The fourth-order valence-corrected chi connectivity index (χ4v) is 2.19. The maximum Gasteiger partial charge on any atom is 0.237 e. The first-order valence-corrected chi connectivity index (χ1v) is 6.19. The zero-order valence-corrected chi connectivity index (χ0v) is 11.8. The molecule has 0 bridgehead atoms. The highest BCUT2D eigenvalue weighted by atomic mass is 16.5. The van der Waals surface area contributed by atoms with E-state index in [9.17, 15) is 4.79 Å². The maximum atomic E-state index is 12.0. The summed E-state index contributed by atoms with van der Waals surface area (Å²) < 4.78 is 5.36. The number of rotatable bonds is 3. The number of ether oxygens (including phenoxy) is 1. The fourth-order valence-electron chi connectivity index (χ4n) is 2.19. The van der Waals surface area contributed by atoms with Crippen molar-refractivity contribution >= 4 is 5.91 Å². The van der Waals surface area contributed by atoms with Crippen molar-refractivity contribution in [2.24, 2.45) is 16.6 Å². The SMILES string of the molecule is COC1CC(NC(=O)[C@@H](N)C(C)(C)C)C1(C)C. The van der Waals surface area contributed by atoms with E-state index in [4.69, 9.17) is 10.5 Å². The predicted octanol–water partition coefficient (Wildman–Crippen LogP) is 1.29. The van der Waals surface area contributed by atoms with Crippen molar-refractivity contribution in [3.8, 4) is 0 Å². The van der Waals surface area contributed by atoms with Gasteiger partial charge in [0, 0.05) is 18.6 Å². The molecule has 1 amide bonds. The molecule has 100 valence electrons. The van der Waals surface area contributed by atoms with E-state index in [0.717, 1.165) is 6.42 Å².